The van der Waals surface area contributed by atoms with Gasteiger partial charge >= 0.3 is 0 Å². The van der Waals surface area contributed by atoms with E-state index in [2.05, 4.69) is 9.97 Å². The molecule has 1 aromatic rings. The molecule has 0 unspecified atom stereocenters. The highest BCUT2D eigenvalue weighted by Crippen LogP contribution is 2.17. The van der Waals surface area contributed by atoms with Crippen LogP contribution in [0.1, 0.15) is 13.8 Å². The van der Waals surface area contributed by atoms with Gasteiger partial charge in [-0.2, -0.15) is 0 Å². The molecule has 1 aromatic heterocycles. The fourth-order valence-corrected chi connectivity index (χ4v) is 2.01. The Hall–Kier alpha value is -0.880. The minimum absolute atomic E-state index is 0.136. The summed E-state index contributed by atoms with van der Waals surface area (Å²) in [5, 5.41) is -0.0979. The fourth-order valence-electron chi connectivity index (χ4n) is 1.26. The van der Waals surface area contributed by atoms with E-state index in [1.165, 1.54) is 0 Å². The van der Waals surface area contributed by atoms with Gasteiger partial charge in [-0.05, 0) is 13.8 Å². The van der Waals surface area contributed by atoms with Crippen molar-refractivity contribution >= 4 is 27.3 Å². The average Bonchev–Trinajstić information content (AvgIpc) is 2.17. The van der Waals surface area contributed by atoms with Gasteiger partial charge < -0.3 is 4.90 Å². The SMILES string of the molecule is CCN(CC)c1cc(Cl)nc(S(C)(=O)=O)n1. The van der Waals surface area contributed by atoms with Crippen LogP contribution in [0.4, 0.5) is 5.82 Å². The minimum atomic E-state index is -3.43. The average molecular weight is 264 g/mol. The molecular formula is C9H14ClN3O2S. The highest BCUT2D eigenvalue weighted by atomic mass is 35.5. The van der Waals surface area contributed by atoms with Crippen molar-refractivity contribution < 1.29 is 8.42 Å². The zero-order valence-corrected chi connectivity index (χ0v) is 11.0. The van der Waals surface area contributed by atoms with Gasteiger partial charge in [-0.25, -0.2) is 18.4 Å². The highest BCUT2D eigenvalue weighted by molar-refractivity contribution is 7.90. The third-order valence-electron chi connectivity index (χ3n) is 2.08. The van der Waals surface area contributed by atoms with E-state index >= 15 is 0 Å². The molecule has 0 saturated heterocycles. The molecule has 0 N–H and O–H groups in total. The van der Waals surface area contributed by atoms with Crippen LogP contribution in [0.3, 0.4) is 0 Å². The van der Waals surface area contributed by atoms with Crippen molar-refractivity contribution in [3.63, 3.8) is 0 Å². The predicted molar refractivity (Wildman–Crippen MR) is 63.7 cm³/mol. The first-order valence-electron chi connectivity index (χ1n) is 4.88. The Bertz CT molecular complexity index is 472. The smallest absolute Gasteiger partial charge is 0.250 e. The number of rotatable bonds is 4. The first-order chi connectivity index (χ1) is 7.38. The van der Waals surface area contributed by atoms with Crippen molar-refractivity contribution in [2.45, 2.75) is 19.0 Å². The van der Waals surface area contributed by atoms with Crippen LogP contribution >= 0.6 is 11.6 Å². The van der Waals surface area contributed by atoms with Gasteiger partial charge in [-0.3, -0.25) is 0 Å². The number of hydrogen-bond donors (Lipinski definition) is 0. The van der Waals surface area contributed by atoms with Crippen LogP contribution in [0.5, 0.6) is 0 Å². The molecule has 0 spiro atoms. The summed E-state index contributed by atoms with van der Waals surface area (Å²) in [5.74, 6) is 0.533. The standard InChI is InChI=1S/C9H14ClN3O2S/c1-4-13(5-2)8-6-7(10)11-9(12-8)16(3,14)15/h6H,4-5H2,1-3H3. The number of nitrogens with zero attached hydrogens (tertiary/aromatic N) is 3. The monoisotopic (exact) mass is 263 g/mol. The van der Waals surface area contributed by atoms with Crippen LogP contribution in [0.15, 0.2) is 11.2 Å². The van der Waals surface area contributed by atoms with E-state index in [4.69, 9.17) is 11.6 Å². The summed E-state index contributed by atoms with van der Waals surface area (Å²) in [6, 6.07) is 1.56. The van der Waals surface area contributed by atoms with Crippen molar-refractivity contribution in [1.82, 2.24) is 9.97 Å². The lowest BCUT2D eigenvalue weighted by Gasteiger charge is -2.19. The molecule has 0 aliphatic heterocycles. The first kappa shape index (κ1) is 13.2. The normalized spacial score (nSPS) is 11.5. The molecule has 7 heteroatoms. The van der Waals surface area contributed by atoms with E-state index in [0.29, 0.717) is 5.82 Å². The molecule has 1 rings (SSSR count). The minimum Gasteiger partial charge on any atom is -0.357 e. The van der Waals surface area contributed by atoms with Crippen LogP contribution in [0.25, 0.3) is 0 Å². The quantitative estimate of drug-likeness (QED) is 0.607. The van der Waals surface area contributed by atoms with Crippen molar-refractivity contribution in [2.75, 3.05) is 24.2 Å². The Balaban J connectivity index is 3.28. The Morgan fingerprint density at radius 2 is 1.88 bits per heavy atom. The molecule has 0 fully saturated rings. The molecule has 0 aromatic carbocycles. The zero-order valence-electron chi connectivity index (χ0n) is 9.44. The summed E-state index contributed by atoms with van der Waals surface area (Å²) in [7, 11) is -3.43. The maximum atomic E-state index is 11.3. The zero-order chi connectivity index (χ0) is 12.3. The third-order valence-corrected chi connectivity index (χ3v) is 3.12. The Labute approximate surface area is 100 Å². The van der Waals surface area contributed by atoms with E-state index in [-0.39, 0.29) is 10.3 Å². The van der Waals surface area contributed by atoms with E-state index in [1.54, 1.807) is 6.07 Å². The first-order valence-corrected chi connectivity index (χ1v) is 7.15. The number of hydrogen-bond acceptors (Lipinski definition) is 5. The van der Waals surface area contributed by atoms with Crippen LogP contribution < -0.4 is 4.90 Å². The summed E-state index contributed by atoms with van der Waals surface area (Å²) < 4.78 is 22.7. The summed E-state index contributed by atoms with van der Waals surface area (Å²) in [6.45, 7) is 5.37. The van der Waals surface area contributed by atoms with Gasteiger partial charge in [0.25, 0.3) is 0 Å². The van der Waals surface area contributed by atoms with Gasteiger partial charge in [-0.15, -0.1) is 0 Å². The van der Waals surface area contributed by atoms with Crippen LogP contribution in [0, 0.1) is 0 Å². The van der Waals surface area contributed by atoms with E-state index in [1.807, 2.05) is 18.7 Å². The number of anilines is 1. The third kappa shape index (κ3) is 3.05. The van der Waals surface area contributed by atoms with Crippen molar-refractivity contribution in [1.29, 1.82) is 0 Å². The lowest BCUT2D eigenvalue weighted by Crippen LogP contribution is -2.24. The molecule has 90 valence electrons. The largest absolute Gasteiger partial charge is 0.357 e. The van der Waals surface area contributed by atoms with Gasteiger partial charge in [0.2, 0.25) is 15.0 Å². The van der Waals surface area contributed by atoms with Gasteiger partial charge in [0.1, 0.15) is 11.0 Å². The summed E-state index contributed by atoms with van der Waals surface area (Å²) in [4.78, 5) is 9.59. The molecular weight excluding hydrogens is 250 g/mol. The van der Waals surface area contributed by atoms with Gasteiger partial charge in [-0.1, -0.05) is 11.6 Å². The Morgan fingerprint density at radius 1 is 1.31 bits per heavy atom. The molecule has 1 heterocycles. The Kier molecular flexibility index (Phi) is 4.09. The lowest BCUT2D eigenvalue weighted by atomic mass is 10.4. The topological polar surface area (TPSA) is 63.2 Å². The number of aromatic nitrogens is 2. The van der Waals surface area contributed by atoms with Crippen molar-refractivity contribution in [3.05, 3.63) is 11.2 Å². The molecule has 0 aliphatic carbocycles. The molecule has 5 nitrogen and oxygen atoms in total. The van der Waals surface area contributed by atoms with E-state index in [9.17, 15) is 8.42 Å². The molecule has 0 aliphatic rings. The fraction of sp³-hybridized carbons (Fsp3) is 0.556. The van der Waals surface area contributed by atoms with E-state index < -0.39 is 9.84 Å². The van der Waals surface area contributed by atoms with Gasteiger partial charge in [0.15, 0.2) is 0 Å². The number of sulfone groups is 1. The lowest BCUT2D eigenvalue weighted by molar-refractivity contribution is 0.592. The summed E-state index contributed by atoms with van der Waals surface area (Å²) in [6.07, 6.45) is 1.06. The molecule has 0 saturated carbocycles. The molecule has 16 heavy (non-hydrogen) atoms. The molecule has 0 radical (unpaired) electrons. The van der Waals surface area contributed by atoms with Crippen molar-refractivity contribution in [2.24, 2.45) is 0 Å². The van der Waals surface area contributed by atoms with Crippen LogP contribution in [-0.4, -0.2) is 37.7 Å². The van der Waals surface area contributed by atoms with Gasteiger partial charge in [0, 0.05) is 25.4 Å². The summed E-state index contributed by atoms with van der Waals surface area (Å²) in [5.41, 5.74) is 0. The second-order valence-corrected chi connectivity index (χ2v) is 5.57. The maximum absolute atomic E-state index is 11.3. The van der Waals surface area contributed by atoms with Crippen molar-refractivity contribution in [3.8, 4) is 0 Å². The highest BCUT2D eigenvalue weighted by Gasteiger charge is 2.15. The maximum Gasteiger partial charge on any atom is 0.250 e. The Morgan fingerprint density at radius 3 is 2.31 bits per heavy atom. The molecule has 0 bridgehead atoms. The van der Waals surface area contributed by atoms with Crippen LogP contribution in [0.2, 0.25) is 5.15 Å². The molecule has 0 atom stereocenters. The second-order valence-electron chi connectivity index (χ2n) is 3.28. The van der Waals surface area contributed by atoms with E-state index in [0.717, 1.165) is 19.3 Å². The number of halogens is 1. The van der Waals surface area contributed by atoms with Crippen LogP contribution in [-0.2, 0) is 9.84 Å². The predicted octanol–water partition coefficient (Wildman–Crippen LogP) is 1.38. The second kappa shape index (κ2) is 4.97. The molecule has 0 amide bonds. The summed E-state index contributed by atoms with van der Waals surface area (Å²) >= 11 is 5.77. The van der Waals surface area contributed by atoms with Gasteiger partial charge in [0.05, 0.1) is 0 Å².